The molecule has 2 aromatic rings. The molecular formula is C20H24N2O2. The van der Waals surface area contributed by atoms with Gasteiger partial charge in [-0.3, -0.25) is 4.79 Å². The van der Waals surface area contributed by atoms with Gasteiger partial charge in [-0.15, -0.1) is 0 Å². The van der Waals surface area contributed by atoms with E-state index in [4.69, 9.17) is 4.74 Å². The summed E-state index contributed by atoms with van der Waals surface area (Å²) in [7, 11) is 0. The average Bonchev–Trinajstić information content (AvgIpc) is 2.56. The summed E-state index contributed by atoms with van der Waals surface area (Å²) in [6.07, 6.45) is 1.59. The number of hydrogen-bond donors (Lipinski definition) is 1. The van der Waals surface area contributed by atoms with Gasteiger partial charge in [0.1, 0.15) is 5.75 Å². The summed E-state index contributed by atoms with van der Waals surface area (Å²) >= 11 is 0. The Balaban J connectivity index is 2.03. The number of nitrogens with one attached hydrogen (secondary N) is 1. The van der Waals surface area contributed by atoms with Crippen LogP contribution in [0.2, 0.25) is 0 Å². The van der Waals surface area contributed by atoms with Gasteiger partial charge in [0.15, 0.2) is 0 Å². The molecule has 24 heavy (non-hydrogen) atoms. The van der Waals surface area contributed by atoms with E-state index in [1.54, 1.807) is 6.21 Å². The molecule has 1 amide bonds. The minimum atomic E-state index is -0.236. The molecule has 0 saturated heterocycles. The number of nitrogens with zero attached hydrogens (tertiary/aromatic N) is 1. The fraction of sp³-hybridized carbons (Fsp3) is 0.300. The summed E-state index contributed by atoms with van der Waals surface area (Å²) in [5, 5.41) is 4.03. The highest BCUT2D eigenvalue weighted by Gasteiger charge is 2.14. The van der Waals surface area contributed by atoms with Gasteiger partial charge in [0.05, 0.1) is 12.8 Å². The Bertz CT molecular complexity index is 713. The van der Waals surface area contributed by atoms with Crippen molar-refractivity contribution >= 4 is 12.1 Å². The van der Waals surface area contributed by atoms with Gasteiger partial charge in [0.2, 0.25) is 0 Å². The standard InChI is InChI=1S/C20H24N2O2/c1-5-24-18-9-7-6-8-16(18)14-21-22-19(23)15-10-12-17(13-11-15)20(2,3)4/h6-14H,5H2,1-4H3,(H,22,23). The van der Waals surface area contributed by atoms with Crippen LogP contribution in [0.1, 0.15) is 49.2 Å². The molecule has 0 unspecified atom stereocenters. The highest BCUT2D eigenvalue weighted by molar-refractivity contribution is 5.95. The molecule has 0 atom stereocenters. The lowest BCUT2D eigenvalue weighted by Gasteiger charge is -2.18. The Kier molecular flexibility index (Phi) is 5.74. The number of hydrogen-bond acceptors (Lipinski definition) is 3. The van der Waals surface area contributed by atoms with E-state index in [1.807, 2.05) is 55.5 Å². The number of rotatable bonds is 5. The third-order valence-electron chi connectivity index (χ3n) is 3.60. The van der Waals surface area contributed by atoms with Crippen LogP contribution in [0.15, 0.2) is 53.6 Å². The Morgan fingerprint density at radius 2 is 1.79 bits per heavy atom. The lowest BCUT2D eigenvalue weighted by Crippen LogP contribution is -2.18. The van der Waals surface area contributed by atoms with Gasteiger partial charge in [0.25, 0.3) is 5.91 Å². The molecular weight excluding hydrogens is 300 g/mol. The summed E-state index contributed by atoms with van der Waals surface area (Å²) in [4.78, 5) is 12.2. The average molecular weight is 324 g/mol. The molecule has 0 saturated carbocycles. The largest absolute Gasteiger partial charge is 0.493 e. The Labute approximate surface area is 143 Å². The van der Waals surface area contributed by atoms with Gasteiger partial charge in [-0.25, -0.2) is 5.43 Å². The fourth-order valence-corrected chi connectivity index (χ4v) is 2.22. The second-order valence-electron chi connectivity index (χ2n) is 6.50. The topological polar surface area (TPSA) is 50.7 Å². The number of benzene rings is 2. The zero-order valence-electron chi connectivity index (χ0n) is 14.7. The van der Waals surface area contributed by atoms with Gasteiger partial charge >= 0.3 is 0 Å². The molecule has 0 aliphatic rings. The number of amides is 1. The Morgan fingerprint density at radius 3 is 2.42 bits per heavy atom. The molecule has 2 aromatic carbocycles. The van der Waals surface area contributed by atoms with Crippen molar-refractivity contribution in [3.8, 4) is 5.75 Å². The van der Waals surface area contributed by atoms with Gasteiger partial charge in [-0.1, -0.05) is 45.0 Å². The molecule has 4 nitrogen and oxygen atoms in total. The maximum Gasteiger partial charge on any atom is 0.271 e. The first-order valence-electron chi connectivity index (χ1n) is 8.07. The van der Waals surface area contributed by atoms with Gasteiger partial charge in [-0.05, 0) is 42.2 Å². The van der Waals surface area contributed by atoms with Crippen LogP contribution in [-0.2, 0) is 5.41 Å². The normalized spacial score (nSPS) is 11.5. The van der Waals surface area contributed by atoms with Crippen LogP contribution in [0.25, 0.3) is 0 Å². The minimum Gasteiger partial charge on any atom is -0.493 e. The first-order chi connectivity index (χ1) is 11.4. The first kappa shape index (κ1) is 17.7. The molecule has 0 radical (unpaired) electrons. The third-order valence-corrected chi connectivity index (χ3v) is 3.60. The molecule has 0 spiro atoms. The smallest absolute Gasteiger partial charge is 0.271 e. The molecule has 1 N–H and O–H groups in total. The zero-order valence-corrected chi connectivity index (χ0v) is 14.7. The molecule has 0 fully saturated rings. The van der Waals surface area contributed by atoms with Crippen molar-refractivity contribution in [3.05, 3.63) is 65.2 Å². The monoisotopic (exact) mass is 324 g/mol. The van der Waals surface area contributed by atoms with Crippen molar-refractivity contribution in [1.82, 2.24) is 5.43 Å². The summed E-state index contributed by atoms with van der Waals surface area (Å²) in [5.41, 5.74) is 5.21. The van der Waals surface area contributed by atoms with Crippen LogP contribution in [0.5, 0.6) is 5.75 Å². The number of para-hydroxylation sites is 1. The Morgan fingerprint density at radius 1 is 1.12 bits per heavy atom. The maximum atomic E-state index is 12.2. The molecule has 0 aromatic heterocycles. The number of hydrazone groups is 1. The quantitative estimate of drug-likeness (QED) is 0.663. The van der Waals surface area contributed by atoms with E-state index < -0.39 is 0 Å². The minimum absolute atomic E-state index is 0.0656. The van der Waals surface area contributed by atoms with Crippen LogP contribution < -0.4 is 10.2 Å². The van der Waals surface area contributed by atoms with E-state index >= 15 is 0 Å². The molecule has 2 rings (SSSR count). The highest BCUT2D eigenvalue weighted by Crippen LogP contribution is 2.22. The summed E-state index contributed by atoms with van der Waals surface area (Å²) < 4.78 is 5.52. The SMILES string of the molecule is CCOc1ccccc1C=NNC(=O)c1ccc(C(C)(C)C)cc1. The second-order valence-corrected chi connectivity index (χ2v) is 6.50. The van der Waals surface area contributed by atoms with Gasteiger partial charge in [-0.2, -0.15) is 5.10 Å². The lowest BCUT2D eigenvalue weighted by atomic mass is 9.87. The van der Waals surface area contributed by atoms with Crippen LogP contribution >= 0.6 is 0 Å². The van der Waals surface area contributed by atoms with Crippen LogP contribution in [0.3, 0.4) is 0 Å². The lowest BCUT2D eigenvalue weighted by molar-refractivity contribution is 0.0955. The third kappa shape index (κ3) is 4.69. The van der Waals surface area contributed by atoms with Crippen LogP contribution in [-0.4, -0.2) is 18.7 Å². The van der Waals surface area contributed by atoms with E-state index in [-0.39, 0.29) is 11.3 Å². The van der Waals surface area contributed by atoms with E-state index in [0.29, 0.717) is 12.2 Å². The predicted molar refractivity (Wildman–Crippen MR) is 97.8 cm³/mol. The summed E-state index contributed by atoms with van der Waals surface area (Å²) in [6.45, 7) is 8.93. The second kappa shape index (κ2) is 7.77. The fourth-order valence-electron chi connectivity index (χ4n) is 2.22. The first-order valence-corrected chi connectivity index (χ1v) is 8.07. The van der Waals surface area contributed by atoms with Gasteiger partial charge in [0, 0.05) is 11.1 Å². The van der Waals surface area contributed by atoms with E-state index in [9.17, 15) is 4.79 Å². The number of carbonyl (C=O) groups excluding carboxylic acids is 1. The van der Waals surface area contributed by atoms with Crippen molar-refractivity contribution < 1.29 is 9.53 Å². The van der Waals surface area contributed by atoms with Crippen LogP contribution in [0, 0.1) is 0 Å². The molecule has 0 heterocycles. The zero-order chi connectivity index (χ0) is 17.6. The van der Waals surface area contributed by atoms with Crippen molar-refractivity contribution in [3.63, 3.8) is 0 Å². The van der Waals surface area contributed by atoms with E-state index in [2.05, 4.69) is 31.3 Å². The van der Waals surface area contributed by atoms with Crippen LogP contribution in [0.4, 0.5) is 0 Å². The van der Waals surface area contributed by atoms with Crippen molar-refractivity contribution in [2.24, 2.45) is 5.10 Å². The maximum absolute atomic E-state index is 12.2. The van der Waals surface area contributed by atoms with Gasteiger partial charge < -0.3 is 4.74 Å². The predicted octanol–water partition coefficient (Wildman–Crippen LogP) is 4.15. The highest BCUT2D eigenvalue weighted by atomic mass is 16.5. The number of carbonyl (C=O) groups is 1. The van der Waals surface area contributed by atoms with E-state index in [1.165, 1.54) is 5.56 Å². The molecule has 126 valence electrons. The summed E-state index contributed by atoms with van der Waals surface area (Å²) in [5.74, 6) is 0.508. The Hall–Kier alpha value is -2.62. The molecule has 0 aliphatic heterocycles. The number of ether oxygens (including phenoxy) is 1. The van der Waals surface area contributed by atoms with Crippen molar-refractivity contribution in [1.29, 1.82) is 0 Å². The molecule has 0 aliphatic carbocycles. The summed E-state index contributed by atoms with van der Waals surface area (Å²) in [6, 6.07) is 15.1. The molecule has 0 bridgehead atoms. The van der Waals surface area contributed by atoms with Crippen molar-refractivity contribution in [2.45, 2.75) is 33.1 Å². The molecule has 4 heteroatoms. The van der Waals surface area contributed by atoms with E-state index in [0.717, 1.165) is 11.3 Å². The van der Waals surface area contributed by atoms with Crippen molar-refractivity contribution in [2.75, 3.05) is 6.61 Å².